The number of H-pyrrole nitrogens is 1. The number of anilines is 1. The van der Waals surface area contributed by atoms with Crippen LogP contribution < -0.4 is 10.6 Å². The summed E-state index contributed by atoms with van der Waals surface area (Å²) in [6.45, 7) is 8.05. The second kappa shape index (κ2) is 9.11. The number of amides is 1. The lowest BCUT2D eigenvalue weighted by Crippen LogP contribution is -2.50. The Balaban J connectivity index is 1.50. The summed E-state index contributed by atoms with van der Waals surface area (Å²) in [4.78, 5) is 44.2. The van der Waals surface area contributed by atoms with Crippen LogP contribution in [-0.4, -0.2) is 65.4 Å². The van der Waals surface area contributed by atoms with Crippen molar-refractivity contribution in [2.45, 2.75) is 58.1 Å². The van der Waals surface area contributed by atoms with Crippen LogP contribution in [-0.2, 0) is 14.3 Å². The van der Waals surface area contributed by atoms with E-state index in [0.29, 0.717) is 26.2 Å². The molecule has 9 nitrogen and oxygen atoms in total. The van der Waals surface area contributed by atoms with Gasteiger partial charge in [-0.2, -0.15) is 0 Å². The molecule has 1 amide bonds. The van der Waals surface area contributed by atoms with E-state index in [9.17, 15) is 14.4 Å². The Morgan fingerprint density at radius 1 is 1.03 bits per heavy atom. The number of imidazole rings is 1. The molecule has 2 aromatic rings. The molecule has 0 spiro atoms. The van der Waals surface area contributed by atoms with Gasteiger partial charge >= 0.3 is 17.8 Å². The molecule has 33 heavy (non-hydrogen) atoms. The fourth-order valence-corrected chi connectivity index (χ4v) is 4.95. The number of hydrogen-bond acceptors (Lipinski definition) is 6. The number of carbonyl (C=O) groups excluding carboxylic acids is 2. The zero-order valence-electron chi connectivity index (χ0n) is 19.9. The highest BCUT2D eigenvalue weighted by Gasteiger charge is 2.31. The van der Waals surface area contributed by atoms with E-state index < -0.39 is 5.60 Å². The lowest BCUT2D eigenvalue weighted by Gasteiger charge is -2.36. The summed E-state index contributed by atoms with van der Waals surface area (Å²) in [5.74, 6) is -0.239. The number of ether oxygens (including phenoxy) is 2. The van der Waals surface area contributed by atoms with Gasteiger partial charge in [0.25, 0.3) is 0 Å². The monoisotopic (exact) mass is 458 g/mol. The Kier molecular flexibility index (Phi) is 6.41. The van der Waals surface area contributed by atoms with E-state index in [0.717, 1.165) is 42.4 Å². The minimum absolute atomic E-state index is 0.0615. The van der Waals surface area contributed by atoms with Crippen LogP contribution in [0.25, 0.3) is 11.0 Å². The molecule has 0 atom stereocenters. The van der Waals surface area contributed by atoms with Crippen molar-refractivity contribution in [3.8, 4) is 0 Å². The van der Waals surface area contributed by atoms with Crippen molar-refractivity contribution in [3.63, 3.8) is 0 Å². The first-order valence-corrected chi connectivity index (χ1v) is 11.7. The van der Waals surface area contributed by atoms with E-state index in [1.54, 1.807) is 4.90 Å². The van der Waals surface area contributed by atoms with Crippen LogP contribution in [0.3, 0.4) is 0 Å². The number of methoxy groups -OCH3 is 1. The molecule has 4 rings (SSSR count). The summed E-state index contributed by atoms with van der Waals surface area (Å²) < 4.78 is 12.2. The highest BCUT2D eigenvalue weighted by atomic mass is 16.6. The number of aromatic amines is 1. The average molecular weight is 459 g/mol. The number of nitrogens with one attached hydrogen (secondary N) is 1. The van der Waals surface area contributed by atoms with Gasteiger partial charge in [0.1, 0.15) is 5.60 Å². The lowest BCUT2D eigenvalue weighted by molar-refractivity contribution is -0.146. The van der Waals surface area contributed by atoms with E-state index in [1.165, 1.54) is 7.11 Å². The Labute approximate surface area is 193 Å². The molecule has 1 aliphatic carbocycles. The van der Waals surface area contributed by atoms with Crippen LogP contribution in [0.2, 0.25) is 0 Å². The number of hydrogen-bond donors (Lipinski definition) is 1. The summed E-state index contributed by atoms with van der Waals surface area (Å²) in [5, 5.41) is 0. The molecule has 0 unspecified atom stereocenters. The van der Waals surface area contributed by atoms with E-state index in [4.69, 9.17) is 9.47 Å². The fraction of sp³-hybridized carbons (Fsp3) is 0.625. The molecule has 1 aromatic heterocycles. The van der Waals surface area contributed by atoms with Gasteiger partial charge in [0.05, 0.1) is 29.7 Å². The summed E-state index contributed by atoms with van der Waals surface area (Å²) in [7, 11) is 1.42. The zero-order valence-corrected chi connectivity index (χ0v) is 19.9. The standard InChI is InChI=1S/C24H34N4O5/c1-24(2,3)33-23(31)27-14-12-26(13-15-27)18-6-5-7-19-20(18)25-22(30)28(19)17-10-8-16(9-11-17)21(29)32-4/h5-7,16-17H,8-15H2,1-4H3,(H,25,30)/t16-,17+. The van der Waals surface area contributed by atoms with E-state index in [-0.39, 0.29) is 29.7 Å². The molecule has 1 saturated heterocycles. The third-order valence-electron chi connectivity index (χ3n) is 6.60. The number of rotatable bonds is 3. The number of para-hydroxylation sites is 1. The van der Waals surface area contributed by atoms with Crippen molar-refractivity contribution in [2.75, 3.05) is 38.2 Å². The molecule has 9 heteroatoms. The van der Waals surface area contributed by atoms with Crippen LogP contribution in [0.4, 0.5) is 10.5 Å². The summed E-state index contributed by atoms with van der Waals surface area (Å²) in [5.41, 5.74) is 2.04. The first kappa shape index (κ1) is 23.2. The molecular formula is C24H34N4O5. The predicted octanol–water partition coefficient (Wildman–Crippen LogP) is 3.29. The van der Waals surface area contributed by atoms with Gasteiger partial charge in [-0.25, -0.2) is 9.59 Å². The molecule has 1 N–H and O–H groups in total. The van der Waals surface area contributed by atoms with Gasteiger partial charge in [-0.1, -0.05) is 6.07 Å². The topological polar surface area (TPSA) is 96.9 Å². The number of aromatic nitrogens is 2. The zero-order chi connectivity index (χ0) is 23.8. The summed E-state index contributed by atoms with van der Waals surface area (Å²) in [6.07, 6.45) is 2.70. The van der Waals surface area contributed by atoms with Crippen LogP contribution >= 0.6 is 0 Å². The molecule has 1 aromatic carbocycles. The van der Waals surface area contributed by atoms with Gasteiger partial charge in [-0.15, -0.1) is 0 Å². The van der Waals surface area contributed by atoms with Gasteiger partial charge in [-0.3, -0.25) is 9.36 Å². The Hall–Kier alpha value is -2.97. The van der Waals surface area contributed by atoms with E-state index in [1.807, 2.05) is 43.5 Å². The van der Waals surface area contributed by atoms with Gasteiger partial charge in [0.2, 0.25) is 0 Å². The maximum Gasteiger partial charge on any atom is 0.410 e. The Morgan fingerprint density at radius 2 is 1.70 bits per heavy atom. The van der Waals surface area contributed by atoms with Gasteiger partial charge in [-0.05, 0) is 58.6 Å². The minimum atomic E-state index is -0.516. The molecule has 2 aliphatic rings. The summed E-state index contributed by atoms with van der Waals surface area (Å²) in [6, 6.07) is 6.02. The van der Waals surface area contributed by atoms with Crippen molar-refractivity contribution in [1.29, 1.82) is 0 Å². The van der Waals surface area contributed by atoms with Crippen LogP contribution in [0, 0.1) is 5.92 Å². The second-order valence-corrected chi connectivity index (χ2v) is 9.95. The van der Waals surface area contributed by atoms with Crippen LogP contribution in [0.15, 0.2) is 23.0 Å². The van der Waals surface area contributed by atoms with Crippen molar-refractivity contribution < 1.29 is 19.1 Å². The Bertz CT molecular complexity index is 1070. The number of benzene rings is 1. The highest BCUT2D eigenvalue weighted by Crippen LogP contribution is 2.35. The van der Waals surface area contributed by atoms with Crippen LogP contribution in [0.1, 0.15) is 52.5 Å². The van der Waals surface area contributed by atoms with Crippen molar-refractivity contribution in [3.05, 3.63) is 28.7 Å². The number of nitrogens with zero attached hydrogens (tertiary/aromatic N) is 3. The van der Waals surface area contributed by atoms with Gasteiger partial charge < -0.3 is 24.3 Å². The number of fused-ring (bicyclic) bond motifs is 1. The highest BCUT2D eigenvalue weighted by molar-refractivity contribution is 5.89. The maximum atomic E-state index is 12.9. The molecule has 180 valence electrons. The molecule has 0 radical (unpaired) electrons. The average Bonchev–Trinajstić information content (AvgIpc) is 3.13. The normalized spacial score (nSPS) is 21.8. The molecule has 0 bridgehead atoms. The number of carbonyl (C=O) groups is 2. The number of esters is 1. The number of piperazine rings is 1. The van der Waals surface area contributed by atoms with Crippen molar-refractivity contribution in [1.82, 2.24) is 14.5 Å². The van der Waals surface area contributed by atoms with Gasteiger partial charge in [0.15, 0.2) is 0 Å². The van der Waals surface area contributed by atoms with Gasteiger partial charge in [0, 0.05) is 32.2 Å². The van der Waals surface area contributed by atoms with Crippen molar-refractivity contribution >= 4 is 28.8 Å². The predicted molar refractivity (Wildman–Crippen MR) is 126 cm³/mol. The quantitative estimate of drug-likeness (QED) is 0.709. The molecular weight excluding hydrogens is 424 g/mol. The fourth-order valence-electron chi connectivity index (χ4n) is 4.95. The third kappa shape index (κ3) is 4.86. The van der Waals surface area contributed by atoms with E-state index in [2.05, 4.69) is 9.88 Å². The smallest absolute Gasteiger partial charge is 0.410 e. The maximum absolute atomic E-state index is 12.9. The largest absolute Gasteiger partial charge is 0.469 e. The second-order valence-electron chi connectivity index (χ2n) is 9.95. The van der Waals surface area contributed by atoms with Crippen molar-refractivity contribution in [2.24, 2.45) is 5.92 Å². The molecule has 1 saturated carbocycles. The first-order chi connectivity index (χ1) is 15.7. The minimum Gasteiger partial charge on any atom is -0.469 e. The lowest BCUT2D eigenvalue weighted by atomic mass is 9.86. The van der Waals surface area contributed by atoms with E-state index >= 15 is 0 Å². The molecule has 1 aliphatic heterocycles. The molecule has 2 heterocycles. The third-order valence-corrected chi connectivity index (χ3v) is 6.60. The molecule has 2 fully saturated rings. The SMILES string of the molecule is COC(=O)[C@H]1CC[C@@H](n2c(=O)[nH]c3c(N4CCN(C(=O)OC(C)(C)C)CC4)cccc32)CC1. The summed E-state index contributed by atoms with van der Waals surface area (Å²) >= 11 is 0. The Morgan fingerprint density at radius 3 is 2.30 bits per heavy atom. The van der Waals surface area contributed by atoms with Crippen LogP contribution in [0.5, 0.6) is 0 Å². The first-order valence-electron chi connectivity index (χ1n) is 11.7.